The molecule has 0 atom stereocenters. The highest BCUT2D eigenvalue weighted by molar-refractivity contribution is 6.09. The molecule has 0 unspecified atom stereocenters. The van der Waals surface area contributed by atoms with Gasteiger partial charge in [-0.05, 0) is 64.6 Å². The Morgan fingerprint density at radius 1 is 0.697 bits per heavy atom. The van der Waals surface area contributed by atoms with Crippen LogP contribution in [0, 0.1) is 23.3 Å². The van der Waals surface area contributed by atoms with Gasteiger partial charge in [-0.3, -0.25) is 0 Å². The highest BCUT2D eigenvalue weighted by Gasteiger charge is 2.34. The highest BCUT2D eigenvalue weighted by atomic mass is 19.4. The molecule has 0 amide bonds. The van der Waals surface area contributed by atoms with Crippen molar-refractivity contribution in [1.29, 1.82) is 0 Å². The molecule has 0 heterocycles. The van der Waals surface area contributed by atoms with Crippen LogP contribution in [0.2, 0.25) is 0 Å². The molecule has 4 aromatic carbocycles. The number of benzene rings is 4. The third kappa shape index (κ3) is 4.47. The number of halogens is 7. The van der Waals surface area contributed by atoms with E-state index in [0.717, 1.165) is 18.9 Å². The summed E-state index contributed by atoms with van der Waals surface area (Å²) in [5, 5.41) is 1.08. The van der Waals surface area contributed by atoms with Crippen molar-refractivity contribution in [3.8, 4) is 16.9 Å². The minimum absolute atomic E-state index is 0.0807. The van der Waals surface area contributed by atoms with Crippen LogP contribution in [0.4, 0.5) is 30.7 Å². The van der Waals surface area contributed by atoms with Gasteiger partial charge in [0.2, 0.25) is 5.75 Å². The van der Waals surface area contributed by atoms with Gasteiger partial charge in [-0.15, -0.1) is 13.2 Å². The Balaban J connectivity index is 1.82. The summed E-state index contributed by atoms with van der Waals surface area (Å²) in [4.78, 5) is 0. The van der Waals surface area contributed by atoms with Crippen molar-refractivity contribution < 1.29 is 35.5 Å². The lowest BCUT2D eigenvalue weighted by Gasteiger charge is -2.13. The zero-order valence-corrected chi connectivity index (χ0v) is 17.3. The van der Waals surface area contributed by atoms with E-state index in [4.69, 9.17) is 0 Å². The van der Waals surface area contributed by atoms with Gasteiger partial charge in [0.15, 0.2) is 11.6 Å². The summed E-state index contributed by atoms with van der Waals surface area (Å²) in [5.41, 5.74) is 0.547. The van der Waals surface area contributed by atoms with E-state index < -0.39 is 35.4 Å². The molecule has 0 saturated heterocycles. The third-order valence-corrected chi connectivity index (χ3v) is 5.45. The van der Waals surface area contributed by atoms with Gasteiger partial charge >= 0.3 is 6.36 Å². The van der Waals surface area contributed by atoms with Crippen LogP contribution in [0.3, 0.4) is 0 Å². The van der Waals surface area contributed by atoms with Crippen molar-refractivity contribution in [2.75, 3.05) is 0 Å². The molecule has 0 spiro atoms. The molecule has 0 radical (unpaired) electrons. The molecule has 0 saturated carbocycles. The summed E-state index contributed by atoms with van der Waals surface area (Å²) in [5.74, 6) is -5.90. The molecule has 33 heavy (non-hydrogen) atoms. The molecule has 1 nitrogen and oxygen atoms in total. The minimum Gasteiger partial charge on any atom is -0.399 e. The highest BCUT2D eigenvalue weighted by Crippen LogP contribution is 2.36. The maximum atomic E-state index is 14.9. The van der Waals surface area contributed by atoms with Crippen LogP contribution in [0.25, 0.3) is 32.7 Å². The smallest absolute Gasteiger partial charge is 0.399 e. The molecule has 0 aliphatic carbocycles. The van der Waals surface area contributed by atoms with Crippen molar-refractivity contribution >= 4 is 21.5 Å². The Morgan fingerprint density at radius 3 is 1.97 bits per heavy atom. The first-order chi connectivity index (χ1) is 15.6. The Bertz CT molecular complexity index is 1340. The summed E-state index contributed by atoms with van der Waals surface area (Å²) < 4.78 is 98.6. The second-order valence-electron chi connectivity index (χ2n) is 7.67. The molecular formula is C25H17F7O. The van der Waals surface area contributed by atoms with E-state index in [1.165, 1.54) is 18.2 Å². The molecule has 0 bridgehead atoms. The molecular weight excluding hydrogens is 449 g/mol. The first kappa shape index (κ1) is 22.9. The van der Waals surface area contributed by atoms with Gasteiger partial charge in [0, 0.05) is 10.8 Å². The van der Waals surface area contributed by atoms with Gasteiger partial charge in [-0.1, -0.05) is 37.6 Å². The maximum absolute atomic E-state index is 14.9. The van der Waals surface area contributed by atoms with Crippen molar-refractivity contribution in [1.82, 2.24) is 0 Å². The number of alkyl halides is 3. The predicted molar refractivity (Wildman–Crippen MR) is 112 cm³/mol. The standard InChI is InChI=1S/C25H17F7O/c1-2-3-4-13-5-7-17-16-8-6-14(9-18(16)20(26)12-19(17)23(13)29)15-10-21(27)24(22(28)11-15)33-25(30,31)32/h5-12H,2-4H2,1H3. The van der Waals surface area contributed by atoms with Crippen LogP contribution in [0.1, 0.15) is 25.3 Å². The number of unbranched alkanes of at least 4 members (excludes halogenated alkanes) is 1. The first-order valence-electron chi connectivity index (χ1n) is 10.2. The Labute approximate surface area is 184 Å². The second-order valence-corrected chi connectivity index (χ2v) is 7.67. The Morgan fingerprint density at radius 2 is 1.33 bits per heavy atom. The average Bonchev–Trinajstić information content (AvgIpc) is 2.75. The minimum atomic E-state index is -5.26. The van der Waals surface area contributed by atoms with E-state index in [1.807, 2.05) is 6.92 Å². The number of rotatable bonds is 5. The van der Waals surface area contributed by atoms with Crippen molar-refractivity contribution in [3.63, 3.8) is 0 Å². The SMILES string of the molecule is CCCCc1ccc2c(cc(F)c3cc(-c4cc(F)c(OC(F)(F)F)c(F)c4)ccc32)c1F. The molecule has 4 aromatic rings. The van der Waals surface area contributed by atoms with Crippen LogP contribution >= 0.6 is 0 Å². The lowest BCUT2D eigenvalue weighted by atomic mass is 9.94. The number of fused-ring (bicyclic) bond motifs is 3. The predicted octanol–water partition coefficient (Wildman–Crippen LogP) is 8.46. The van der Waals surface area contributed by atoms with E-state index in [-0.39, 0.29) is 21.9 Å². The number of aryl methyl sites for hydroxylation is 1. The summed E-state index contributed by atoms with van der Waals surface area (Å²) in [6, 6.07) is 10.0. The monoisotopic (exact) mass is 466 g/mol. The molecule has 0 N–H and O–H groups in total. The van der Waals surface area contributed by atoms with E-state index >= 15 is 0 Å². The van der Waals surface area contributed by atoms with Crippen LogP contribution < -0.4 is 4.74 Å². The molecule has 0 aromatic heterocycles. The molecule has 4 rings (SSSR count). The van der Waals surface area contributed by atoms with Crippen LogP contribution in [-0.2, 0) is 6.42 Å². The summed E-state index contributed by atoms with van der Waals surface area (Å²) in [6.45, 7) is 1.98. The van der Waals surface area contributed by atoms with Crippen LogP contribution in [0.5, 0.6) is 5.75 Å². The Hall–Kier alpha value is -3.29. The van der Waals surface area contributed by atoms with E-state index in [1.54, 1.807) is 12.1 Å². The van der Waals surface area contributed by atoms with Gasteiger partial charge in [0.1, 0.15) is 11.6 Å². The van der Waals surface area contributed by atoms with Crippen molar-refractivity contribution in [3.05, 3.63) is 77.4 Å². The zero-order valence-electron chi connectivity index (χ0n) is 17.3. The van der Waals surface area contributed by atoms with Gasteiger partial charge in [0.05, 0.1) is 0 Å². The average molecular weight is 466 g/mol. The van der Waals surface area contributed by atoms with E-state index in [0.29, 0.717) is 34.9 Å². The van der Waals surface area contributed by atoms with E-state index in [9.17, 15) is 30.7 Å². The largest absolute Gasteiger partial charge is 0.573 e. The van der Waals surface area contributed by atoms with Crippen molar-refractivity contribution in [2.45, 2.75) is 32.5 Å². The summed E-state index contributed by atoms with van der Waals surface area (Å²) in [6.07, 6.45) is -3.05. The molecule has 172 valence electrons. The summed E-state index contributed by atoms with van der Waals surface area (Å²) in [7, 11) is 0. The molecule has 0 aliphatic heterocycles. The number of ether oxygens (including phenoxy) is 1. The topological polar surface area (TPSA) is 9.23 Å². The van der Waals surface area contributed by atoms with Gasteiger partial charge < -0.3 is 4.74 Å². The Kier molecular flexibility index (Phi) is 5.95. The molecule has 0 fully saturated rings. The fraction of sp³-hybridized carbons (Fsp3) is 0.200. The number of hydrogen-bond donors (Lipinski definition) is 0. The van der Waals surface area contributed by atoms with Crippen LogP contribution in [-0.4, -0.2) is 6.36 Å². The fourth-order valence-corrected chi connectivity index (χ4v) is 3.87. The van der Waals surface area contributed by atoms with E-state index in [2.05, 4.69) is 4.74 Å². The van der Waals surface area contributed by atoms with Gasteiger partial charge in [-0.2, -0.15) is 0 Å². The molecule has 8 heteroatoms. The van der Waals surface area contributed by atoms with Gasteiger partial charge in [0.25, 0.3) is 0 Å². The maximum Gasteiger partial charge on any atom is 0.573 e. The lowest BCUT2D eigenvalue weighted by Crippen LogP contribution is -2.19. The van der Waals surface area contributed by atoms with Gasteiger partial charge in [-0.25, -0.2) is 17.6 Å². The lowest BCUT2D eigenvalue weighted by molar-refractivity contribution is -0.276. The first-order valence-corrected chi connectivity index (χ1v) is 10.2. The fourth-order valence-electron chi connectivity index (χ4n) is 3.87. The number of hydrogen-bond acceptors (Lipinski definition) is 1. The molecule has 0 aliphatic rings. The van der Waals surface area contributed by atoms with Crippen LogP contribution in [0.15, 0.2) is 48.5 Å². The summed E-state index contributed by atoms with van der Waals surface area (Å²) >= 11 is 0. The quantitative estimate of drug-likeness (QED) is 0.212. The second kappa shape index (κ2) is 8.57. The normalized spacial score (nSPS) is 12.0. The van der Waals surface area contributed by atoms with Crippen molar-refractivity contribution in [2.24, 2.45) is 0 Å². The third-order valence-electron chi connectivity index (χ3n) is 5.45. The zero-order chi connectivity index (χ0) is 23.9.